The van der Waals surface area contributed by atoms with Crippen LogP contribution in [0, 0.1) is 0 Å². The van der Waals surface area contributed by atoms with Gasteiger partial charge in [-0.25, -0.2) is 0 Å². The Morgan fingerprint density at radius 2 is 2.21 bits per heavy atom. The van der Waals surface area contributed by atoms with Gasteiger partial charge in [-0.1, -0.05) is 6.07 Å². The summed E-state index contributed by atoms with van der Waals surface area (Å²) in [6.45, 7) is 3.33. The number of hydrogen-bond donors (Lipinski definition) is 0. The van der Waals surface area contributed by atoms with E-state index >= 15 is 0 Å². The topological polar surface area (TPSA) is 47.7 Å². The molecule has 128 valence electrons. The fourth-order valence-corrected chi connectivity index (χ4v) is 3.81. The molecule has 4 heterocycles. The molecule has 2 aliphatic rings. The first-order valence-electron chi connectivity index (χ1n) is 8.76. The highest BCUT2D eigenvalue weighted by Crippen LogP contribution is 2.32. The van der Waals surface area contributed by atoms with Crippen LogP contribution in [0.1, 0.15) is 30.4 Å². The largest absolute Gasteiger partial charge is 0.472 e. The van der Waals surface area contributed by atoms with Gasteiger partial charge in [0.2, 0.25) is 0 Å². The lowest BCUT2D eigenvalue weighted by molar-refractivity contribution is -0.102. The molecule has 0 amide bonds. The van der Waals surface area contributed by atoms with Crippen LogP contribution in [-0.2, 0) is 22.6 Å². The monoisotopic (exact) mass is 328 g/mol. The van der Waals surface area contributed by atoms with Gasteiger partial charge < -0.3 is 13.9 Å². The van der Waals surface area contributed by atoms with E-state index in [0.717, 1.165) is 31.5 Å². The molecule has 24 heavy (non-hydrogen) atoms. The van der Waals surface area contributed by atoms with Gasteiger partial charge in [0.15, 0.2) is 0 Å². The van der Waals surface area contributed by atoms with Crippen molar-refractivity contribution in [2.24, 2.45) is 0 Å². The van der Waals surface area contributed by atoms with Crippen LogP contribution in [0.15, 0.2) is 47.5 Å². The Morgan fingerprint density at radius 1 is 1.21 bits per heavy atom. The molecule has 0 N–H and O–H groups in total. The molecule has 0 radical (unpaired) electrons. The van der Waals surface area contributed by atoms with E-state index < -0.39 is 0 Å². The van der Waals surface area contributed by atoms with E-state index in [9.17, 15) is 0 Å². The summed E-state index contributed by atoms with van der Waals surface area (Å²) in [7, 11) is 0. The molecular weight excluding hydrogens is 304 g/mol. The Morgan fingerprint density at radius 3 is 3.04 bits per heavy atom. The van der Waals surface area contributed by atoms with Gasteiger partial charge in [0.25, 0.3) is 0 Å². The molecule has 5 heteroatoms. The highest BCUT2D eigenvalue weighted by Gasteiger charge is 2.39. The third-order valence-corrected chi connectivity index (χ3v) is 5.01. The van der Waals surface area contributed by atoms with E-state index in [1.165, 1.54) is 12.0 Å². The lowest BCUT2D eigenvalue weighted by atomic mass is 9.99. The van der Waals surface area contributed by atoms with Crippen molar-refractivity contribution >= 4 is 0 Å². The van der Waals surface area contributed by atoms with Crippen LogP contribution < -0.4 is 0 Å². The Labute approximate surface area is 142 Å². The lowest BCUT2D eigenvalue weighted by Crippen LogP contribution is -2.43. The average Bonchev–Trinajstić information content (AvgIpc) is 3.26. The van der Waals surface area contributed by atoms with Crippen LogP contribution in [0.25, 0.3) is 0 Å². The van der Waals surface area contributed by atoms with Gasteiger partial charge in [-0.2, -0.15) is 0 Å². The van der Waals surface area contributed by atoms with Crippen LogP contribution in [0.5, 0.6) is 0 Å². The third-order valence-electron chi connectivity index (χ3n) is 5.01. The van der Waals surface area contributed by atoms with Gasteiger partial charge in [-0.3, -0.25) is 9.88 Å². The summed E-state index contributed by atoms with van der Waals surface area (Å²) < 4.78 is 17.3. The summed E-state index contributed by atoms with van der Waals surface area (Å²) in [5.74, 6) is 0. The summed E-state index contributed by atoms with van der Waals surface area (Å²) in [5.41, 5.74) is 2.36. The molecule has 2 aliphatic heterocycles. The molecule has 0 bridgehead atoms. The first-order valence-corrected chi connectivity index (χ1v) is 8.76. The number of aromatic nitrogens is 1. The Bertz CT molecular complexity index is 617. The van der Waals surface area contributed by atoms with E-state index in [-0.39, 0.29) is 6.10 Å². The van der Waals surface area contributed by atoms with Gasteiger partial charge in [0, 0.05) is 37.1 Å². The maximum Gasteiger partial charge on any atom is 0.0947 e. The Kier molecular flexibility index (Phi) is 4.92. The summed E-state index contributed by atoms with van der Waals surface area (Å²) in [4.78, 5) is 6.64. The smallest absolute Gasteiger partial charge is 0.0947 e. The van der Waals surface area contributed by atoms with Crippen LogP contribution in [-0.4, -0.2) is 41.3 Å². The van der Waals surface area contributed by atoms with Gasteiger partial charge in [-0.15, -0.1) is 0 Å². The van der Waals surface area contributed by atoms with Crippen molar-refractivity contribution in [1.29, 1.82) is 0 Å². The van der Waals surface area contributed by atoms with Gasteiger partial charge in [-0.05, 0) is 37.0 Å². The molecular formula is C19H24N2O3. The fourth-order valence-electron chi connectivity index (χ4n) is 3.81. The molecule has 2 saturated heterocycles. The second-order valence-electron chi connectivity index (χ2n) is 6.71. The summed E-state index contributed by atoms with van der Waals surface area (Å²) >= 11 is 0. The normalized spacial score (nSPS) is 27.2. The summed E-state index contributed by atoms with van der Waals surface area (Å²) in [5, 5.41) is 0. The number of hydrogen-bond acceptors (Lipinski definition) is 5. The second kappa shape index (κ2) is 7.47. The van der Waals surface area contributed by atoms with E-state index in [1.54, 1.807) is 12.5 Å². The minimum Gasteiger partial charge on any atom is -0.472 e. The van der Waals surface area contributed by atoms with Crippen LogP contribution >= 0.6 is 0 Å². The molecule has 0 saturated carbocycles. The van der Waals surface area contributed by atoms with E-state index in [2.05, 4.69) is 9.88 Å². The second-order valence-corrected chi connectivity index (χ2v) is 6.71. The zero-order valence-corrected chi connectivity index (χ0v) is 13.8. The number of fused-ring (bicyclic) bond motifs is 1. The van der Waals surface area contributed by atoms with Crippen LogP contribution in [0.2, 0.25) is 0 Å². The van der Waals surface area contributed by atoms with Crippen molar-refractivity contribution in [2.75, 3.05) is 13.2 Å². The molecule has 0 unspecified atom stereocenters. The molecule has 2 aromatic heterocycles. The number of likely N-dealkylation sites (tertiary alicyclic amines) is 1. The first kappa shape index (κ1) is 15.8. The average molecular weight is 328 g/mol. The number of pyridine rings is 1. The highest BCUT2D eigenvalue weighted by molar-refractivity contribution is 5.07. The predicted octanol–water partition coefficient (Wildman–Crippen LogP) is 3.01. The van der Waals surface area contributed by atoms with Crippen LogP contribution in [0.3, 0.4) is 0 Å². The number of nitrogens with zero attached hydrogens (tertiary/aromatic N) is 2. The predicted molar refractivity (Wildman–Crippen MR) is 89.3 cm³/mol. The van der Waals surface area contributed by atoms with Crippen molar-refractivity contribution in [3.8, 4) is 0 Å². The zero-order valence-electron chi connectivity index (χ0n) is 13.8. The minimum absolute atomic E-state index is 0.219. The first-order chi connectivity index (χ1) is 11.9. The van der Waals surface area contributed by atoms with E-state index in [1.807, 2.05) is 30.7 Å². The number of ether oxygens (including phenoxy) is 2. The fraction of sp³-hybridized carbons (Fsp3) is 0.526. The van der Waals surface area contributed by atoms with E-state index in [0.29, 0.717) is 25.4 Å². The van der Waals surface area contributed by atoms with Crippen molar-refractivity contribution in [3.63, 3.8) is 0 Å². The molecule has 5 nitrogen and oxygen atoms in total. The third kappa shape index (κ3) is 3.69. The maximum absolute atomic E-state index is 6.29. The molecule has 4 rings (SSSR count). The minimum atomic E-state index is 0.219. The van der Waals surface area contributed by atoms with Crippen LogP contribution in [0.4, 0.5) is 0 Å². The zero-order chi connectivity index (χ0) is 16.2. The van der Waals surface area contributed by atoms with E-state index in [4.69, 9.17) is 13.9 Å². The van der Waals surface area contributed by atoms with Crippen molar-refractivity contribution in [1.82, 2.24) is 9.88 Å². The van der Waals surface area contributed by atoms with Gasteiger partial charge in [0.1, 0.15) is 0 Å². The van der Waals surface area contributed by atoms with Crippen molar-refractivity contribution in [3.05, 3.63) is 54.2 Å². The standard InChI is InChI=1S/C19H24N2O3/c1-2-15(10-20-7-1)12-23-14-17-3-4-18-19(24-17)5-8-21(18)11-16-6-9-22-13-16/h1-2,6-7,9-10,13,17-19H,3-5,8,11-12,14H2/t17-,18+,19+/m1/s1. The molecule has 3 atom stereocenters. The summed E-state index contributed by atoms with van der Waals surface area (Å²) in [6, 6.07) is 6.56. The SMILES string of the molecule is c1cncc(COC[C@H]2CC[C@H]3[C@H](CCN3Cc3ccoc3)O2)c1. The van der Waals surface area contributed by atoms with Gasteiger partial charge >= 0.3 is 0 Å². The molecule has 0 aromatic carbocycles. The highest BCUT2D eigenvalue weighted by atomic mass is 16.5. The van der Waals surface area contributed by atoms with Crippen molar-refractivity contribution in [2.45, 2.75) is 50.7 Å². The Balaban J connectivity index is 1.23. The molecule has 0 spiro atoms. The van der Waals surface area contributed by atoms with Crippen molar-refractivity contribution < 1.29 is 13.9 Å². The summed E-state index contributed by atoms with van der Waals surface area (Å²) in [6.07, 6.45) is 11.1. The quantitative estimate of drug-likeness (QED) is 0.816. The lowest BCUT2D eigenvalue weighted by Gasteiger charge is -2.35. The number of rotatable bonds is 6. The van der Waals surface area contributed by atoms with Gasteiger partial charge in [0.05, 0.1) is 37.9 Å². The molecule has 0 aliphatic carbocycles. The maximum atomic E-state index is 6.29. The molecule has 2 aromatic rings. The Hall–Kier alpha value is -1.69. The number of furan rings is 1. The molecule has 2 fully saturated rings.